The fourth-order valence-electron chi connectivity index (χ4n) is 4.34. The highest BCUT2D eigenvalue weighted by molar-refractivity contribution is 7.09. The number of aliphatic carboxylic acids is 1. The molecule has 7 heteroatoms. The first-order valence-electron chi connectivity index (χ1n) is 11.8. The molecule has 3 rings (SSSR count). The molecule has 0 aliphatic carbocycles. The van der Waals surface area contributed by atoms with Gasteiger partial charge in [0.1, 0.15) is 5.82 Å². The molecule has 178 valence electrons. The monoisotopic (exact) mass is 469 g/mol. The number of imidazole rings is 1. The zero-order valence-corrected chi connectivity index (χ0v) is 21.0. The van der Waals surface area contributed by atoms with Gasteiger partial charge in [-0.25, -0.2) is 4.98 Å². The lowest BCUT2D eigenvalue weighted by Gasteiger charge is -2.31. The van der Waals surface area contributed by atoms with Crippen molar-refractivity contribution in [3.63, 3.8) is 0 Å². The number of carbonyl (C=O) groups is 2. The summed E-state index contributed by atoms with van der Waals surface area (Å²) >= 11 is 1.72. The molecule has 0 radical (unpaired) electrons. The van der Waals surface area contributed by atoms with Crippen LogP contribution in [0.1, 0.15) is 87.4 Å². The van der Waals surface area contributed by atoms with Crippen molar-refractivity contribution in [2.45, 2.75) is 78.8 Å². The number of benzene rings is 1. The van der Waals surface area contributed by atoms with Gasteiger partial charge in [0.2, 0.25) is 0 Å². The maximum Gasteiger partial charge on any atom is 0.311 e. The summed E-state index contributed by atoms with van der Waals surface area (Å²) in [7, 11) is 0. The molecule has 2 aromatic heterocycles. The predicted molar refractivity (Wildman–Crippen MR) is 134 cm³/mol. The first-order chi connectivity index (χ1) is 15.7. The van der Waals surface area contributed by atoms with Crippen LogP contribution in [-0.4, -0.2) is 32.6 Å². The van der Waals surface area contributed by atoms with Crippen LogP contribution in [0, 0.1) is 5.41 Å². The fraction of sp³-hybridized carbons (Fsp3) is 0.500. The summed E-state index contributed by atoms with van der Waals surface area (Å²) in [6.45, 7) is 9.69. The van der Waals surface area contributed by atoms with Gasteiger partial charge in [-0.05, 0) is 62.8 Å². The Morgan fingerprint density at radius 1 is 1.18 bits per heavy atom. The van der Waals surface area contributed by atoms with E-state index in [0.29, 0.717) is 18.0 Å². The molecule has 2 N–H and O–H groups in total. The molecule has 0 fully saturated rings. The third-order valence-corrected chi connectivity index (χ3v) is 7.43. The Kier molecular flexibility index (Phi) is 7.95. The van der Waals surface area contributed by atoms with Crippen LogP contribution in [0.25, 0.3) is 11.0 Å². The molecule has 0 bridgehead atoms. The number of carbonyl (C=O) groups excluding carboxylic acids is 1. The van der Waals surface area contributed by atoms with Gasteiger partial charge in [-0.15, -0.1) is 11.3 Å². The number of nitrogens with zero attached hydrogens (tertiary/aromatic N) is 2. The van der Waals surface area contributed by atoms with E-state index in [-0.39, 0.29) is 5.91 Å². The summed E-state index contributed by atoms with van der Waals surface area (Å²) in [5, 5.41) is 14.7. The van der Waals surface area contributed by atoms with Gasteiger partial charge in [0.15, 0.2) is 0 Å². The highest BCUT2D eigenvalue weighted by Gasteiger charge is 2.37. The summed E-state index contributed by atoms with van der Waals surface area (Å²) < 4.78 is 2.32. The van der Waals surface area contributed by atoms with Crippen LogP contribution in [0.5, 0.6) is 0 Å². The fourth-order valence-corrected chi connectivity index (χ4v) is 5.04. The smallest absolute Gasteiger partial charge is 0.311 e. The van der Waals surface area contributed by atoms with Gasteiger partial charge in [0.25, 0.3) is 5.91 Å². The minimum atomic E-state index is -1.05. The van der Waals surface area contributed by atoms with Gasteiger partial charge >= 0.3 is 5.97 Å². The Labute approximate surface area is 200 Å². The summed E-state index contributed by atoms with van der Waals surface area (Å²) in [6, 6.07) is 9.69. The number of aromatic nitrogens is 2. The average Bonchev–Trinajstić information content (AvgIpc) is 3.42. The predicted octanol–water partition coefficient (Wildman–Crippen LogP) is 6.06. The number of thiophene rings is 1. The number of nitrogens with one attached hydrogen (secondary N) is 1. The molecule has 33 heavy (non-hydrogen) atoms. The van der Waals surface area contributed by atoms with Crippen molar-refractivity contribution < 1.29 is 14.7 Å². The van der Waals surface area contributed by atoms with Crippen molar-refractivity contribution in [2.75, 3.05) is 0 Å². The van der Waals surface area contributed by atoms with E-state index < -0.39 is 17.4 Å². The second-order valence-electron chi connectivity index (χ2n) is 9.17. The molecular weight excluding hydrogens is 434 g/mol. The minimum absolute atomic E-state index is 0.262. The van der Waals surface area contributed by atoms with E-state index in [0.717, 1.165) is 42.5 Å². The van der Waals surface area contributed by atoms with E-state index in [1.165, 1.54) is 4.88 Å². The van der Waals surface area contributed by atoms with Gasteiger partial charge < -0.3 is 15.0 Å². The highest BCUT2D eigenvalue weighted by atomic mass is 32.1. The summed E-state index contributed by atoms with van der Waals surface area (Å²) in [6.07, 6.45) is 4.15. The molecule has 0 spiro atoms. The summed E-state index contributed by atoms with van der Waals surface area (Å²) in [5.41, 5.74) is 1.27. The van der Waals surface area contributed by atoms with Gasteiger partial charge in [-0.1, -0.05) is 33.3 Å². The Morgan fingerprint density at radius 3 is 2.48 bits per heavy atom. The molecule has 1 atom stereocenters. The lowest BCUT2D eigenvalue weighted by molar-refractivity contribution is -0.148. The van der Waals surface area contributed by atoms with Gasteiger partial charge in [-0.3, -0.25) is 9.59 Å². The zero-order valence-electron chi connectivity index (χ0n) is 20.2. The zero-order chi connectivity index (χ0) is 24.2. The van der Waals surface area contributed by atoms with E-state index >= 15 is 0 Å². The van der Waals surface area contributed by atoms with Crippen LogP contribution in [0.15, 0.2) is 35.7 Å². The topological polar surface area (TPSA) is 84.2 Å². The second kappa shape index (κ2) is 10.5. The van der Waals surface area contributed by atoms with Crippen LogP contribution < -0.4 is 5.32 Å². The lowest BCUT2D eigenvalue weighted by Crippen LogP contribution is -2.48. The van der Waals surface area contributed by atoms with Crippen molar-refractivity contribution in [3.05, 3.63) is 52.0 Å². The van der Waals surface area contributed by atoms with E-state index in [1.54, 1.807) is 25.2 Å². The Morgan fingerprint density at radius 2 is 1.91 bits per heavy atom. The van der Waals surface area contributed by atoms with Crippen LogP contribution in [-0.2, 0) is 11.2 Å². The second-order valence-corrected chi connectivity index (χ2v) is 10.2. The van der Waals surface area contributed by atoms with Crippen LogP contribution in [0.2, 0.25) is 0 Å². The molecule has 3 aromatic rings. The molecule has 0 aliphatic rings. The van der Waals surface area contributed by atoms with Crippen LogP contribution in [0.4, 0.5) is 0 Å². The van der Waals surface area contributed by atoms with Crippen molar-refractivity contribution in [1.82, 2.24) is 14.9 Å². The summed E-state index contributed by atoms with van der Waals surface area (Å²) in [4.78, 5) is 31.1. The van der Waals surface area contributed by atoms with Crippen LogP contribution >= 0.6 is 11.3 Å². The minimum Gasteiger partial charge on any atom is -0.481 e. The Bertz CT molecular complexity index is 1100. The standard InChI is InChI=1S/C26H35N3O3S/c1-6-10-22(26(4,5)25(31)32)28-24(30)17-12-13-21-20(15-17)27-23(16-19-11-9-14-33-19)29(21)18(7-2)8-3/h9,11-15,18,22H,6-8,10,16H2,1-5H3,(H,28,30)(H,31,32)/t22-/m0/s1. The molecule has 1 aromatic carbocycles. The molecule has 6 nitrogen and oxygen atoms in total. The first-order valence-corrected chi connectivity index (χ1v) is 12.7. The van der Waals surface area contributed by atoms with Crippen LogP contribution in [0.3, 0.4) is 0 Å². The molecule has 0 saturated carbocycles. The molecule has 2 heterocycles. The van der Waals surface area contributed by atoms with Crippen molar-refractivity contribution in [2.24, 2.45) is 5.41 Å². The third-order valence-electron chi connectivity index (χ3n) is 6.55. The maximum absolute atomic E-state index is 13.1. The maximum atomic E-state index is 13.1. The molecular formula is C26H35N3O3S. The number of carboxylic acids is 1. The Hall–Kier alpha value is -2.67. The number of amides is 1. The largest absolute Gasteiger partial charge is 0.481 e. The highest BCUT2D eigenvalue weighted by Crippen LogP contribution is 2.29. The Balaban J connectivity index is 1.97. The van der Waals surface area contributed by atoms with Gasteiger partial charge in [0, 0.05) is 28.9 Å². The SMILES string of the molecule is CCC[C@H](NC(=O)c1ccc2c(c1)nc(Cc1cccs1)n2C(CC)CC)C(C)(C)C(=O)O. The number of hydrogen-bond donors (Lipinski definition) is 2. The number of fused-ring (bicyclic) bond motifs is 1. The van der Waals surface area contributed by atoms with E-state index in [9.17, 15) is 14.7 Å². The molecule has 1 amide bonds. The third kappa shape index (κ3) is 5.29. The summed E-state index contributed by atoms with van der Waals surface area (Å²) in [5.74, 6) is -0.171. The first kappa shape index (κ1) is 25.0. The number of carboxylic acid groups (broad SMARTS) is 1. The lowest BCUT2D eigenvalue weighted by atomic mass is 9.82. The van der Waals surface area contributed by atoms with E-state index in [4.69, 9.17) is 4.98 Å². The van der Waals surface area contributed by atoms with Gasteiger partial charge in [-0.2, -0.15) is 0 Å². The van der Waals surface area contributed by atoms with E-state index in [1.807, 2.05) is 25.1 Å². The average molecular weight is 470 g/mol. The normalized spacial score (nSPS) is 12.9. The quantitative estimate of drug-likeness (QED) is 0.357. The molecule has 0 saturated heterocycles. The number of rotatable bonds is 11. The van der Waals surface area contributed by atoms with Crippen molar-refractivity contribution in [3.8, 4) is 0 Å². The van der Waals surface area contributed by atoms with E-state index in [2.05, 4.69) is 41.2 Å². The van der Waals surface area contributed by atoms with Crippen molar-refractivity contribution in [1.29, 1.82) is 0 Å². The molecule has 0 aliphatic heterocycles. The molecule has 0 unspecified atom stereocenters. The van der Waals surface area contributed by atoms with Gasteiger partial charge in [0.05, 0.1) is 16.4 Å². The number of hydrogen-bond acceptors (Lipinski definition) is 4. The van der Waals surface area contributed by atoms with Crippen molar-refractivity contribution >= 4 is 34.2 Å².